The van der Waals surface area contributed by atoms with E-state index in [0.717, 1.165) is 0 Å². The van der Waals surface area contributed by atoms with Gasteiger partial charge >= 0.3 is 0 Å². The zero-order chi connectivity index (χ0) is 16.1. The maximum atomic E-state index is 12.4. The van der Waals surface area contributed by atoms with E-state index in [4.69, 9.17) is 16.3 Å². The second-order valence-electron chi connectivity index (χ2n) is 5.27. The normalized spacial score (nSPS) is 18.7. The molecule has 1 aromatic carbocycles. The molecule has 0 saturated carbocycles. The number of hydrogen-bond donors (Lipinski definition) is 0. The SMILES string of the molecule is CCOCCC(=O)N1CC(=O)N(c2ccccc2Cl)C[C@H]1C. The van der Waals surface area contributed by atoms with Crippen LogP contribution in [0.25, 0.3) is 0 Å². The van der Waals surface area contributed by atoms with Crippen molar-refractivity contribution >= 4 is 29.1 Å². The van der Waals surface area contributed by atoms with Crippen LogP contribution in [-0.2, 0) is 14.3 Å². The number of benzene rings is 1. The molecule has 1 saturated heterocycles. The standard InChI is InChI=1S/C16H21ClN2O3/c1-3-22-9-8-15(20)18-11-16(21)19(10-12(18)2)14-7-5-4-6-13(14)17/h4-7,12H,3,8-11H2,1-2H3/t12-/m1/s1. The van der Waals surface area contributed by atoms with E-state index in [2.05, 4.69) is 0 Å². The number of hydrogen-bond acceptors (Lipinski definition) is 3. The Morgan fingerprint density at radius 3 is 2.82 bits per heavy atom. The highest BCUT2D eigenvalue weighted by molar-refractivity contribution is 6.33. The molecule has 0 unspecified atom stereocenters. The molecule has 0 radical (unpaired) electrons. The summed E-state index contributed by atoms with van der Waals surface area (Å²) < 4.78 is 5.20. The zero-order valence-electron chi connectivity index (χ0n) is 12.9. The van der Waals surface area contributed by atoms with Crippen molar-refractivity contribution in [1.29, 1.82) is 0 Å². The summed E-state index contributed by atoms with van der Waals surface area (Å²) in [6.45, 7) is 5.33. The first-order valence-electron chi connectivity index (χ1n) is 7.46. The summed E-state index contributed by atoms with van der Waals surface area (Å²) >= 11 is 6.16. The van der Waals surface area contributed by atoms with Gasteiger partial charge in [0.05, 0.1) is 23.7 Å². The van der Waals surface area contributed by atoms with Gasteiger partial charge in [0.15, 0.2) is 0 Å². The summed E-state index contributed by atoms with van der Waals surface area (Å²) in [7, 11) is 0. The fourth-order valence-corrected chi connectivity index (χ4v) is 2.77. The zero-order valence-corrected chi connectivity index (χ0v) is 13.7. The van der Waals surface area contributed by atoms with Gasteiger partial charge in [-0.25, -0.2) is 0 Å². The lowest BCUT2D eigenvalue weighted by Gasteiger charge is -2.39. The van der Waals surface area contributed by atoms with Gasteiger partial charge in [-0.15, -0.1) is 0 Å². The highest BCUT2D eigenvalue weighted by Crippen LogP contribution is 2.28. The van der Waals surface area contributed by atoms with Crippen LogP contribution in [0.1, 0.15) is 20.3 Å². The molecule has 120 valence electrons. The molecule has 1 atom stereocenters. The van der Waals surface area contributed by atoms with E-state index >= 15 is 0 Å². The van der Waals surface area contributed by atoms with Crippen molar-refractivity contribution in [2.75, 3.05) is 31.2 Å². The second kappa shape index (κ2) is 7.61. The fraction of sp³-hybridized carbons (Fsp3) is 0.500. The van der Waals surface area contributed by atoms with Gasteiger partial charge in [0.1, 0.15) is 6.54 Å². The van der Waals surface area contributed by atoms with Crippen LogP contribution in [0.3, 0.4) is 0 Å². The summed E-state index contributed by atoms with van der Waals surface area (Å²) in [4.78, 5) is 27.8. The predicted molar refractivity (Wildman–Crippen MR) is 86.1 cm³/mol. The van der Waals surface area contributed by atoms with Crippen LogP contribution in [0.4, 0.5) is 5.69 Å². The molecule has 1 heterocycles. The molecule has 2 rings (SSSR count). The number of rotatable bonds is 5. The lowest BCUT2D eigenvalue weighted by atomic mass is 10.1. The van der Waals surface area contributed by atoms with Crippen molar-refractivity contribution in [2.45, 2.75) is 26.3 Å². The Hall–Kier alpha value is -1.59. The Morgan fingerprint density at radius 1 is 1.41 bits per heavy atom. The van der Waals surface area contributed by atoms with Crippen molar-refractivity contribution in [3.63, 3.8) is 0 Å². The van der Waals surface area contributed by atoms with Crippen molar-refractivity contribution in [2.24, 2.45) is 0 Å². The quantitative estimate of drug-likeness (QED) is 0.781. The second-order valence-corrected chi connectivity index (χ2v) is 5.68. The molecule has 0 spiro atoms. The lowest BCUT2D eigenvalue weighted by molar-refractivity contribution is -0.140. The van der Waals surface area contributed by atoms with Crippen LogP contribution in [-0.4, -0.2) is 49.1 Å². The van der Waals surface area contributed by atoms with E-state index in [9.17, 15) is 9.59 Å². The van der Waals surface area contributed by atoms with Gasteiger partial charge in [-0.1, -0.05) is 23.7 Å². The largest absolute Gasteiger partial charge is 0.381 e. The van der Waals surface area contributed by atoms with Crippen LogP contribution in [0, 0.1) is 0 Å². The summed E-state index contributed by atoms with van der Waals surface area (Å²) in [6.07, 6.45) is 0.303. The molecular weight excluding hydrogens is 304 g/mol. The summed E-state index contributed by atoms with van der Waals surface area (Å²) in [5, 5.41) is 0.541. The number of nitrogens with zero attached hydrogens (tertiary/aromatic N) is 2. The first kappa shape index (κ1) is 16.8. The minimum Gasteiger partial charge on any atom is -0.381 e. The van der Waals surface area contributed by atoms with E-state index in [1.165, 1.54) is 0 Å². The third kappa shape index (κ3) is 3.78. The molecule has 2 amide bonds. The number of para-hydroxylation sites is 1. The Labute approximate surface area is 135 Å². The molecule has 0 aliphatic carbocycles. The van der Waals surface area contributed by atoms with Crippen LogP contribution in [0.15, 0.2) is 24.3 Å². The molecule has 6 heteroatoms. The van der Waals surface area contributed by atoms with E-state index in [-0.39, 0.29) is 24.4 Å². The van der Waals surface area contributed by atoms with Gasteiger partial charge in [0.25, 0.3) is 0 Å². The van der Waals surface area contributed by atoms with Crippen molar-refractivity contribution in [3.05, 3.63) is 29.3 Å². The number of ether oxygens (including phenoxy) is 1. The smallest absolute Gasteiger partial charge is 0.246 e. The predicted octanol–water partition coefficient (Wildman–Crippen LogP) is 2.33. The summed E-state index contributed by atoms with van der Waals surface area (Å²) in [5.74, 6) is -0.163. The Morgan fingerprint density at radius 2 is 2.14 bits per heavy atom. The van der Waals surface area contributed by atoms with Crippen molar-refractivity contribution in [1.82, 2.24) is 4.90 Å². The van der Waals surface area contributed by atoms with Gasteiger partial charge in [0.2, 0.25) is 11.8 Å². The van der Waals surface area contributed by atoms with Gasteiger partial charge < -0.3 is 14.5 Å². The Balaban J connectivity index is 2.04. The minimum absolute atomic E-state index is 0.0480. The summed E-state index contributed by atoms with van der Waals surface area (Å²) in [5.41, 5.74) is 0.697. The van der Waals surface area contributed by atoms with Crippen LogP contribution in [0.5, 0.6) is 0 Å². The maximum Gasteiger partial charge on any atom is 0.246 e. The maximum absolute atomic E-state index is 12.4. The average Bonchev–Trinajstić information content (AvgIpc) is 2.50. The van der Waals surface area contributed by atoms with Gasteiger partial charge in [-0.05, 0) is 26.0 Å². The third-order valence-corrected chi connectivity index (χ3v) is 4.03. The van der Waals surface area contributed by atoms with Gasteiger partial charge in [-0.3, -0.25) is 9.59 Å². The van der Waals surface area contributed by atoms with Crippen LogP contribution >= 0.6 is 11.6 Å². The number of carbonyl (C=O) groups is 2. The number of carbonyl (C=O) groups excluding carboxylic acids is 2. The fourth-order valence-electron chi connectivity index (χ4n) is 2.54. The van der Waals surface area contributed by atoms with Crippen LogP contribution in [0.2, 0.25) is 5.02 Å². The van der Waals surface area contributed by atoms with Crippen LogP contribution < -0.4 is 4.90 Å². The molecule has 5 nitrogen and oxygen atoms in total. The first-order chi connectivity index (χ1) is 10.5. The molecule has 1 aromatic rings. The van der Waals surface area contributed by atoms with Crippen molar-refractivity contribution < 1.29 is 14.3 Å². The topological polar surface area (TPSA) is 49.9 Å². The molecule has 1 fully saturated rings. The molecule has 1 aliphatic heterocycles. The summed E-state index contributed by atoms with van der Waals surface area (Å²) in [6, 6.07) is 7.20. The molecule has 22 heavy (non-hydrogen) atoms. The molecule has 0 bridgehead atoms. The minimum atomic E-state index is -0.115. The third-order valence-electron chi connectivity index (χ3n) is 3.71. The number of amides is 2. The number of anilines is 1. The van der Waals surface area contributed by atoms with E-state index in [1.807, 2.05) is 32.0 Å². The highest BCUT2D eigenvalue weighted by Gasteiger charge is 2.33. The molecular formula is C16H21ClN2O3. The molecule has 1 aliphatic rings. The Bertz CT molecular complexity index is 550. The van der Waals surface area contributed by atoms with Gasteiger partial charge in [-0.2, -0.15) is 0 Å². The Kier molecular flexibility index (Phi) is 5.80. The monoisotopic (exact) mass is 324 g/mol. The first-order valence-corrected chi connectivity index (χ1v) is 7.84. The number of halogens is 1. The van der Waals surface area contributed by atoms with Crippen molar-refractivity contribution in [3.8, 4) is 0 Å². The van der Waals surface area contributed by atoms with Gasteiger partial charge in [0, 0.05) is 19.2 Å². The van der Waals surface area contributed by atoms with E-state index < -0.39 is 0 Å². The number of piperazine rings is 1. The average molecular weight is 325 g/mol. The van der Waals surface area contributed by atoms with E-state index in [1.54, 1.807) is 15.9 Å². The van der Waals surface area contributed by atoms with E-state index in [0.29, 0.717) is 36.9 Å². The highest BCUT2D eigenvalue weighted by atomic mass is 35.5. The molecule has 0 aromatic heterocycles. The lowest BCUT2D eigenvalue weighted by Crippen LogP contribution is -2.57. The molecule has 0 N–H and O–H groups in total.